The Hall–Kier alpha value is -6.04. The zero-order valence-electron chi connectivity index (χ0n) is 25.2. The third-order valence-corrected chi connectivity index (χ3v) is 9.62. The molecule has 7 aromatic carbocycles. The van der Waals surface area contributed by atoms with E-state index in [9.17, 15) is 0 Å². The lowest BCUT2D eigenvalue weighted by Gasteiger charge is -2.09. The number of fused-ring (bicyclic) bond motifs is 4. The standard InChI is InChI=1S/C42H26N4S/c1-3-10-27(11-4-1)31-15-9-16-32(24-31)40-44-39(30-13-5-2-6-14-30)45-41(46-40)33-22-23-38-37(26-33)43-42(47-38)34-21-20-29-19-18-28-12-7-8-17-35(28)36(29)25-34/h1-26H. The van der Waals surface area contributed by atoms with Crippen LogP contribution in [0.5, 0.6) is 0 Å². The van der Waals surface area contributed by atoms with Gasteiger partial charge in [-0.25, -0.2) is 19.9 Å². The minimum absolute atomic E-state index is 0.618. The van der Waals surface area contributed by atoms with E-state index in [1.54, 1.807) is 11.3 Å². The smallest absolute Gasteiger partial charge is 0.164 e. The van der Waals surface area contributed by atoms with Gasteiger partial charge in [0.25, 0.3) is 0 Å². The maximum absolute atomic E-state index is 5.11. The summed E-state index contributed by atoms with van der Waals surface area (Å²) in [6.07, 6.45) is 0. The van der Waals surface area contributed by atoms with Crippen LogP contribution in [0.3, 0.4) is 0 Å². The highest BCUT2D eigenvalue weighted by Gasteiger charge is 2.15. The van der Waals surface area contributed by atoms with E-state index < -0.39 is 0 Å². The summed E-state index contributed by atoms with van der Waals surface area (Å²) in [7, 11) is 0. The van der Waals surface area contributed by atoms with Gasteiger partial charge in [0.1, 0.15) is 5.01 Å². The van der Waals surface area contributed by atoms with Crippen LogP contribution >= 0.6 is 11.3 Å². The van der Waals surface area contributed by atoms with E-state index in [0.29, 0.717) is 17.5 Å². The molecular formula is C42H26N4S. The van der Waals surface area contributed by atoms with Crippen molar-refractivity contribution in [1.82, 2.24) is 19.9 Å². The Morgan fingerprint density at radius 3 is 1.70 bits per heavy atom. The Morgan fingerprint density at radius 1 is 0.340 bits per heavy atom. The molecule has 0 saturated heterocycles. The van der Waals surface area contributed by atoms with Crippen molar-refractivity contribution in [3.05, 3.63) is 158 Å². The fourth-order valence-corrected chi connectivity index (χ4v) is 7.09. The van der Waals surface area contributed by atoms with Gasteiger partial charge >= 0.3 is 0 Å². The van der Waals surface area contributed by atoms with E-state index in [1.165, 1.54) is 21.5 Å². The summed E-state index contributed by atoms with van der Waals surface area (Å²) >= 11 is 1.70. The monoisotopic (exact) mass is 618 g/mol. The lowest BCUT2D eigenvalue weighted by Crippen LogP contribution is -2.00. The van der Waals surface area contributed by atoms with E-state index >= 15 is 0 Å². The fraction of sp³-hybridized carbons (Fsp3) is 0. The van der Waals surface area contributed by atoms with Gasteiger partial charge in [0.2, 0.25) is 0 Å². The van der Waals surface area contributed by atoms with Gasteiger partial charge in [-0.3, -0.25) is 0 Å². The van der Waals surface area contributed by atoms with Gasteiger partial charge in [0.15, 0.2) is 17.5 Å². The number of hydrogen-bond donors (Lipinski definition) is 0. The van der Waals surface area contributed by atoms with Crippen LogP contribution in [0.4, 0.5) is 0 Å². The second-order valence-corrected chi connectivity index (χ2v) is 12.6. The van der Waals surface area contributed by atoms with Gasteiger partial charge in [-0.15, -0.1) is 11.3 Å². The lowest BCUT2D eigenvalue weighted by molar-refractivity contribution is 1.07. The summed E-state index contributed by atoms with van der Waals surface area (Å²) in [6, 6.07) is 54.7. The minimum Gasteiger partial charge on any atom is -0.236 e. The highest BCUT2D eigenvalue weighted by atomic mass is 32.1. The highest BCUT2D eigenvalue weighted by molar-refractivity contribution is 7.21. The van der Waals surface area contributed by atoms with Crippen molar-refractivity contribution in [2.45, 2.75) is 0 Å². The SMILES string of the molecule is c1ccc(-c2cccc(-c3nc(-c4ccccc4)nc(-c4ccc5sc(-c6ccc7ccc8ccccc8c7c6)nc5c4)n3)c2)cc1. The van der Waals surface area contributed by atoms with E-state index in [1.807, 2.05) is 36.4 Å². The summed E-state index contributed by atoms with van der Waals surface area (Å²) in [4.78, 5) is 20.1. The predicted octanol–water partition coefficient (Wildman–Crippen LogP) is 11.1. The van der Waals surface area contributed by atoms with E-state index in [-0.39, 0.29) is 0 Å². The van der Waals surface area contributed by atoms with Crippen molar-refractivity contribution in [1.29, 1.82) is 0 Å². The summed E-state index contributed by atoms with van der Waals surface area (Å²) in [5, 5.41) is 5.95. The summed E-state index contributed by atoms with van der Waals surface area (Å²) < 4.78 is 1.12. The molecule has 220 valence electrons. The van der Waals surface area contributed by atoms with Crippen molar-refractivity contribution in [3.8, 4) is 55.9 Å². The van der Waals surface area contributed by atoms with Gasteiger partial charge in [0, 0.05) is 22.3 Å². The van der Waals surface area contributed by atoms with Crippen LogP contribution in [0, 0.1) is 0 Å². The third kappa shape index (κ3) is 5.13. The number of thiazole rings is 1. The maximum atomic E-state index is 5.11. The van der Waals surface area contributed by atoms with Crippen LogP contribution < -0.4 is 0 Å². The van der Waals surface area contributed by atoms with Crippen LogP contribution in [-0.4, -0.2) is 19.9 Å². The molecule has 9 aromatic rings. The average molecular weight is 619 g/mol. The quantitative estimate of drug-likeness (QED) is 0.180. The van der Waals surface area contributed by atoms with Crippen LogP contribution in [0.1, 0.15) is 0 Å². The molecule has 0 unspecified atom stereocenters. The molecule has 0 aliphatic rings. The van der Waals surface area contributed by atoms with Crippen molar-refractivity contribution in [3.63, 3.8) is 0 Å². The molecular weight excluding hydrogens is 593 g/mol. The van der Waals surface area contributed by atoms with Crippen LogP contribution in [0.15, 0.2) is 158 Å². The van der Waals surface area contributed by atoms with Crippen molar-refractivity contribution >= 4 is 43.1 Å². The second kappa shape index (κ2) is 11.4. The van der Waals surface area contributed by atoms with E-state index in [2.05, 4.69) is 121 Å². The van der Waals surface area contributed by atoms with Gasteiger partial charge < -0.3 is 0 Å². The first-order valence-electron chi connectivity index (χ1n) is 15.6. The minimum atomic E-state index is 0.618. The Morgan fingerprint density at radius 2 is 0.915 bits per heavy atom. The van der Waals surface area contributed by atoms with Gasteiger partial charge in [-0.1, -0.05) is 127 Å². The van der Waals surface area contributed by atoms with Crippen molar-refractivity contribution < 1.29 is 0 Å². The van der Waals surface area contributed by atoms with Gasteiger partial charge in [-0.05, 0) is 63.0 Å². The fourth-order valence-electron chi connectivity index (χ4n) is 6.14. The Balaban J connectivity index is 1.15. The Kier molecular flexibility index (Phi) is 6.61. The molecule has 0 aliphatic heterocycles. The number of hydrogen-bond acceptors (Lipinski definition) is 5. The third-order valence-electron chi connectivity index (χ3n) is 8.53. The molecule has 2 heterocycles. The molecule has 5 heteroatoms. The van der Waals surface area contributed by atoms with Gasteiger partial charge in [0.05, 0.1) is 10.2 Å². The van der Waals surface area contributed by atoms with Crippen LogP contribution in [0.2, 0.25) is 0 Å². The molecule has 47 heavy (non-hydrogen) atoms. The van der Waals surface area contributed by atoms with Gasteiger partial charge in [-0.2, -0.15) is 0 Å². The molecule has 9 rings (SSSR count). The molecule has 4 nitrogen and oxygen atoms in total. The molecule has 0 atom stereocenters. The predicted molar refractivity (Wildman–Crippen MR) is 195 cm³/mol. The van der Waals surface area contributed by atoms with Crippen LogP contribution in [-0.2, 0) is 0 Å². The lowest BCUT2D eigenvalue weighted by atomic mass is 10.0. The normalized spacial score (nSPS) is 11.4. The molecule has 0 radical (unpaired) electrons. The molecule has 2 aromatic heterocycles. The van der Waals surface area contributed by atoms with Crippen molar-refractivity contribution in [2.75, 3.05) is 0 Å². The Labute approximate surface area is 275 Å². The highest BCUT2D eigenvalue weighted by Crippen LogP contribution is 2.36. The van der Waals surface area contributed by atoms with E-state index in [4.69, 9.17) is 19.9 Å². The first-order chi connectivity index (χ1) is 23.2. The molecule has 0 amide bonds. The molecule has 0 fully saturated rings. The zero-order valence-corrected chi connectivity index (χ0v) is 26.0. The molecule has 0 aliphatic carbocycles. The number of nitrogens with zero attached hydrogens (tertiary/aromatic N) is 4. The zero-order chi connectivity index (χ0) is 31.2. The maximum Gasteiger partial charge on any atom is 0.164 e. The Bertz CT molecular complexity index is 2580. The number of benzene rings is 7. The average Bonchev–Trinajstić information content (AvgIpc) is 3.59. The topological polar surface area (TPSA) is 51.6 Å². The largest absolute Gasteiger partial charge is 0.236 e. The first-order valence-corrected chi connectivity index (χ1v) is 16.4. The summed E-state index contributed by atoms with van der Waals surface area (Å²) in [6.45, 7) is 0. The number of aromatic nitrogens is 4. The van der Waals surface area contributed by atoms with Crippen molar-refractivity contribution in [2.24, 2.45) is 0 Å². The molecule has 0 spiro atoms. The van der Waals surface area contributed by atoms with Crippen LogP contribution in [0.25, 0.3) is 87.6 Å². The first kappa shape index (κ1) is 27.3. The molecule has 0 saturated carbocycles. The second-order valence-electron chi connectivity index (χ2n) is 11.5. The molecule has 0 N–H and O–H groups in total. The molecule has 0 bridgehead atoms. The van der Waals surface area contributed by atoms with E-state index in [0.717, 1.165) is 48.6 Å². The summed E-state index contributed by atoms with van der Waals surface area (Å²) in [5.74, 6) is 1.89. The summed E-state index contributed by atoms with van der Waals surface area (Å²) in [5.41, 5.74) is 7.09. The number of rotatable bonds is 5.